The fraction of sp³-hybridized carbons (Fsp3) is 0.231. The Morgan fingerprint density at radius 1 is 1.33 bits per heavy atom. The molecule has 2 rings (SSSR count). The summed E-state index contributed by atoms with van der Waals surface area (Å²) in [6, 6.07) is 9.09. The van der Waals surface area contributed by atoms with Crippen LogP contribution in [0.5, 0.6) is 0 Å². The third kappa shape index (κ3) is 2.32. The first kappa shape index (κ1) is 12.5. The van der Waals surface area contributed by atoms with E-state index in [1.165, 1.54) is 17.3 Å². The first-order valence-electron chi connectivity index (χ1n) is 5.56. The van der Waals surface area contributed by atoms with Gasteiger partial charge < -0.3 is 10.2 Å². The van der Waals surface area contributed by atoms with Crippen LogP contribution >= 0.6 is 0 Å². The summed E-state index contributed by atoms with van der Waals surface area (Å²) < 4.78 is 1.51. The average molecular weight is 245 g/mol. The molecule has 1 unspecified atom stereocenters. The van der Waals surface area contributed by atoms with Crippen LogP contribution in [0.2, 0.25) is 0 Å². The van der Waals surface area contributed by atoms with Gasteiger partial charge >= 0.3 is 0 Å². The van der Waals surface area contributed by atoms with Crippen molar-refractivity contribution in [2.75, 3.05) is 6.61 Å². The number of benzene rings is 1. The lowest BCUT2D eigenvalue weighted by molar-refractivity contribution is 0.0423. The average Bonchev–Trinajstić information content (AvgIpc) is 2.91. The molecule has 1 atom stereocenters. The van der Waals surface area contributed by atoms with Crippen molar-refractivity contribution >= 4 is 0 Å². The van der Waals surface area contributed by atoms with Crippen molar-refractivity contribution in [3.63, 3.8) is 0 Å². The van der Waals surface area contributed by atoms with Gasteiger partial charge in [0.1, 0.15) is 18.3 Å². The predicted molar refractivity (Wildman–Crippen MR) is 66.6 cm³/mol. The van der Waals surface area contributed by atoms with Crippen molar-refractivity contribution < 1.29 is 10.2 Å². The van der Waals surface area contributed by atoms with E-state index in [9.17, 15) is 10.2 Å². The Morgan fingerprint density at radius 3 is 2.61 bits per heavy atom. The van der Waals surface area contributed by atoms with Gasteiger partial charge in [0.25, 0.3) is 0 Å². The van der Waals surface area contributed by atoms with Crippen molar-refractivity contribution in [3.05, 3.63) is 60.7 Å². The smallest absolute Gasteiger partial charge is 0.137 e. The molecule has 2 aromatic rings. The van der Waals surface area contributed by atoms with Crippen LogP contribution in [-0.4, -0.2) is 31.6 Å². The quantitative estimate of drug-likeness (QED) is 0.761. The molecule has 0 radical (unpaired) electrons. The molecule has 0 saturated heterocycles. The first-order valence-corrected chi connectivity index (χ1v) is 5.56. The maximum absolute atomic E-state index is 10.8. The molecule has 5 nitrogen and oxygen atoms in total. The van der Waals surface area contributed by atoms with E-state index in [4.69, 9.17) is 0 Å². The Hall–Kier alpha value is -1.98. The second-order valence-corrected chi connectivity index (χ2v) is 4.08. The van der Waals surface area contributed by atoms with E-state index < -0.39 is 5.60 Å². The van der Waals surface area contributed by atoms with E-state index in [0.29, 0.717) is 11.1 Å². The van der Waals surface area contributed by atoms with E-state index in [1.54, 1.807) is 12.1 Å². The molecule has 5 heteroatoms. The number of hydrogen-bond donors (Lipinski definition) is 2. The Kier molecular flexibility index (Phi) is 3.55. The van der Waals surface area contributed by atoms with E-state index in [1.807, 2.05) is 18.2 Å². The van der Waals surface area contributed by atoms with Crippen molar-refractivity contribution in [2.24, 2.45) is 0 Å². The molecule has 0 aliphatic carbocycles. The fourth-order valence-corrected chi connectivity index (χ4v) is 1.80. The molecule has 0 aliphatic rings. The minimum absolute atomic E-state index is 0.163. The van der Waals surface area contributed by atoms with Crippen LogP contribution in [0.4, 0.5) is 0 Å². The Balaban J connectivity index is 2.38. The van der Waals surface area contributed by atoms with Gasteiger partial charge in [-0.1, -0.05) is 36.9 Å². The Morgan fingerprint density at radius 2 is 2.06 bits per heavy atom. The topological polar surface area (TPSA) is 71.2 Å². The first-order chi connectivity index (χ1) is 8.66. The van der Waals surface area contributed by atoms with Crippen LogP contribution in [-0.2, 0) is 12.1 Å². The fourth-order valence-electron chi connectivity index (χ4n) is 1.80. The van der Waals surface area contributed by atoms with Gasteiger partial charge in [-0.05, 0) is 11.1 Å². The molecule has 0 saturated carbocycles. The molecular formula is C13H15N3O2. The summed E-state index contributed by atoms with van der Waals surface area (Å²) in [6.45, 7) is 3.61. The molecule has 1 heterocycles. The molecule has 0 aliphatic heterocycles. The van der Waals surface area contributed by atoms with Crippen molar-refractivity contribution in [2.45, 2.75) is 12.1 Å². The van der Waals surface area contributed by atoms with Crippen LogP contribution in [0.15, 0.2) is 55.1 Å². The van der Waals surface area contributed by atoms with E-state index in [0.717, 1.165) is 0 Å². The molecule has 0 bridgehead atoms. The summed E-state index contributed by atoms with van der Waals surface area (Å²) in [6.07, 6.45) is 2.91. The minimum Gasteiger partial charge on any atom is -0.392 e. The number of rotatable bonds is 5. The third-order valence-electron chi connectivity index (χ3n) is 2.88. The second-order valence-electron chi connectivity index (χ2n) is 4.08. The predicted octanol–water partition coefficient (Wildman–Crippen LogP) is 0.714. The summed E-state index contributed by atoms with van der Waals surface area (Å²) >= 11 is 0. The lowest BCUT2D eigenvalue weighted by Crippen LogP contribution is -2.35. The second kappa shape index (κ2) is 5.12. The van der Waals surface area contributed by atoms with Crippen LogP contribution in [0.1, 0.15) is 5.56 Å². The largest absolute Gasteiger partial charge is 0.392 e. The van der Waals surface area contributed by atoms with Gasteiger partial charge in [-0.2, -0.15) is 5.10 Å². The molecule has 1 aromatic heterocycles. The lowest BCUT2D eigenvalue weighted by atomic mass is 9.87. The summed E-state index contributed by atoms with van der Waals surface area (Å²) in [7, 11) is 0. The summed E-state index contributed by atoms with van der Waals surface area (Å²) in [5.41, 5.74) is -0.368. The van der Waals surface area contributed by atoms with Crippen LogP contribution in [0, 0.1) is 0 Å². The number of aliphatic hydroxyl groups excluding tert-OH is 1. The number of hydrogen-bond acceptors (Lipinski definition) is 4. The van der Waals surface area contributed by atoms with Gasteiger partial charge in [-0.3, -0.25) is 0 Å². The van der Waals surface area contributed by atoms with Gasteiger partial charge in [0, 0.05) is 0 Å². The molecule has 94 valence electrons. The number of aliphatic hydroxyl groups is 2. The van der Waals surface area contributed by atoms with Crippen molar-refractivity contribution in [1.82, 2.24) is 14.8 Å². The monoisotopic (exact) mass is 245 g/mol. The maximum Gasteiger partial charge on any atom is 0.137 e. The molecule has 2 N–H and O–H groups in total. The highest BCUT2D eigenvalue weighted by molar-refractivity contribution is 5.31. The molecule has 18 heavy (non-hydrogen) atoms. The van der Waals surface area contributed by atoms with Gasteiger partial charge in [0.05, 0.1) is 13.2 Å². The zero-order valence-electron chi connectivity index (χ0n) is 9.90. The van der Waals surface area contributed by atoms with E-state index >= 15 is 0 Å². The van der Waals surface area contributed by atoms with E-state index in [2.05, 4.69) is 16.7 Å². The zero-order valence-corrected chi connectivity index (χ0v) is 9.90. The Labute approximate surface area is 105 Å². The molecule has 0 amide bonds. The van der Waals surface area contributed by atoms with Gasteiger partial charge in [-0.15, -0.1) is 0 Å². The van der Waals surface area contributed by atoms with Gasteiger partial charge in [0.15, 0.2) is 0 Å². The van der Waals surface area contributed by atoms with Crippen LogP contribution in [0.3, 0.4) is 0 Å². The minimum atomic E-state index is -1.36. The molecular weight excluding hydrogens is 230 g/mol. The van der Waals surface area contributed by atoms with Crippen molar-refractivity contribution in [3.8, 4) is 0 Å². The highest BCUT2D eigenvalue weighted by Gasteiger charge is 2.33. The summed E-state index contributed by atoms with van der Waals surface area (Å²) in [5.74, 6) is 0. The number of aromatic nitrogens is 3. The van der Waals surface area contributed by atoms with Crippen LogP contribution in [0.25, 0.3) is 0 Å². The standard InChI is InChI=1S/C13H15N3O2/c1-11(7-17)13(18,8-16-10-14-9-15-16)12-5-3-2-4-6-12/h2-6,9-10,17-18H,1,7-8H2. The van der Waals surface area contributed by atoms with Gasteiger partial charge in [-0.25, -0.2) is 9.67 Å². The normalized spacial score (nSPS) is 14.1. The summed E-state index contributed by atoms with van der Waals surface area (Å²) in [5, 5.41) is 24.0. The zero-order chi connectivity index (χ0) is 13.0. The van der Waals surface area contributed by atoms with Crippen LogP contribution < -0.4 is 0 Å². The van der Waals surface area contributed by atoms with Gasteiger partial charge in [0.2, 0.25) is 0 Å². The molecule has 0 fully saturated rings. The number of nitrogens with zero attached hydrogens (tertiary/aromatic N) is 3. The SMILES string of the molecule is C=C(CO)C(O)(Cn1cncn1)c1ccccc1. The third-order valence-corrected chi connectivity index (χ3v) is 2.88. The lowest BCUT2D eigenvalue weighted by Gasteiger charge is -2.29. The van der Waals surface area contributed by atoms with Crippen molar-refractivity contribution in [1.29, 1.82) is 0 Å². The Bertz CT molecular complexity index is 510. The molecule has 1 aromatic carbocycles. The highest BCUT2D eigenvalue weighted by Crippen LogP contribution is 2.29. The molecule has 0 spiro atoms. The summed E-state index contributed by atoms with van der Waals surface area (Å²) in [4.78, 5) is 3.83. The van der Waals surface area contributed by atoms with E-state index in [-0.39, 0.29) is 13.2 Å². The maximum atomic E-state index is 10.8. The highest BCUT2D eigenvalue weighted by atomic mass is 16.3.